The van der Waals surface area contributed by atoms with E-state index >= 15 is 0 Å². The number of aliphatic imine (C=N–C) groups is 1. The maximum Gasteiger partial charge on any atom is 0.0740 e. The molecular formula is C21H25N3. The van der Waals surface area contributed by atoms with Gasteiger partial charge in [0.2, 0.25) is 0 Å². The molecule has 4 rings (SSSR count). The van der Waals surface area contributed by atoms with E-state index in [-0.39, 0.29) is 0 Å². The van der Waals surface area contributed by atoms with Crippen LogP contribution in [0.3, 0.4) is 0 Å². The van der Waals surface area contributed by atoms with Gasteiger partial charge in [-0.05, 0) is 44.2 Å². The monoisotopic (exact) mass is 319 g/mol. The molecule has 0 spiro atoms. The Morgan fingerprint density at radius 1 is 1.00 bits per heavy atom. The zero-order chi connectivity index (χ0) is 16.7. The summed E-state index contributed by atoms with van der Waals surface area (Å²) in [6, 6.07) is 15.8. The van der Waals surface area contributed by atoms with Gasteiger partial charge in [-0.1, -0.05) is 30.3 Å². The highest BCUT2D eigenvalue weighted by atomic mass is 15.3. The molecule has 0 saturated carbocycles. The van der Waals surface area contributed by atoms with Crippen LogP contribution in [0.15, 0.2) is 47.5 Å². The molecule has 2 aromatic rings. The first-order valence-electron chi connectivity index (χ1n) is 8.80. The van der Waals surface area contributed by atoms with Gasteiger partial charge < -0.3 is 9.80 Å². The summed E-state index contributed by atoms with van der Waals surface area (Å²) in [6.45, 7) is 8.55. The van der Waals surface area contributed by atoms with Crippen LogP contribution in [0.1, 0.15) is 22.3 Å². The van der Waals surface area contributed by atoms with E-state index in [4.69, 9.17) is 4.99 Å². The fourth-order valence-corrected chi connectivity index (χ4v) is 3.84. The minimum absolute atomic E-state index is 0.464. The van der Waals surface area contributed by atoms with Crippen molar-refractivity contribution < 1.29 is 0 Å². The Hall–Kier alpha value is -2.13. The van der Waals surface area contributed by atoms with Crippen LogP contribution in [-0.2, 0) is 0 Å². The van der Waals surface area contributed by atoms with Gasteiger partial charge in [-0.2, -0.15) is 0 Å². The molecule has 0 N–H and O–H groups in total. The molecule has 2 aliphatic heterocycles. The number of hydrogen-bond acceptors (Lipinski definition) is 3. The van der Waals surface area contributed by atoms with Crippen LogP contribution in [0.5, 0.6) is 0 Å². The van der Waals surface area contributed by atoms with E-state index < -0.39 is 0 Å². The van der Waals surface area contributed by atoms with Crippen molar-refractivity contribution in [1.82, 2.24) is 4.90 Å². The molecule has 1 atom stereocenters. The van der Waals surface area contributed by atoms with E-state index in [1.54, 1.807) is 0 Å². The van der Waals surface area contributed by atoms with Crippen molar-refractivity contribution in [3.8, 4) is 0 Å². The Bertz CT molecular complexity index is 779. The molecule has 0 amide bonds. The Kier molecular flexibility index (Phi) is 3.89. The quantitative estimate of drug-likeness (QED) is 0.803. The highest BCUT2D eigenvalue weighted by molar-refractivity contribution is 6.16. The molecule has 124 valence electrons. The molecule has 0 bridgehead atoms. The van der Waals surface area contributed by atoms with Crippen LogP contribution in [0, 0.1) is 13.8 Å². The van der Waals surface area contributed by atoms with Gasteiger partial charge in [0.15, 0.2) is 0 Å². The summed E-state index contributed by atoms with van der Waals surface area (Å²) < 4.78 is 0. The average Bonchev–Trinajstić information content (AvgIpc) is 2.73. The first-order valence-corrected chi connectivity index (χ1v) is 8.80. The topological polar surface area (TPSA) is 18.8 Å². The summed E-state index contributed by atoms with van der Waals surface area (Å²) in [7, 11) is 2.21. The fraction of sp³-hybridized carbons (Fsp3) is 0.381. The minimum Gasteiger partial charge on any atom is -0.364 e. The number of fused-ring (bicyclic) bond motifs is 3. The van der Waals surface area contributed by atoms with Gasteiger partial charge in [0.25, 0.3) is 0 Å². The normalized spacial score (nSPS) is 20.9. The second-order valence-corrected chi connectivity index (χ2v) is 7.12. The van der Waals surface area contributed by atoms with Crippen molar-refractivity contribution in [2.45, 2.75) is 19.9 Å². The van der Waals surface area contributed by atoms with Crippen molar-refractivity contribution in [3.63, 3.8) is 0 Å². The molecule has 2 aromatic carbocycles. The number of piperazine rings is 1. The Labute approximate surface area is 144 Å². The van der Waals surface area contributed by atoms with E-state index in [2.05, 4.69) is 73.2 Å². The average molecular weight is 319 g/mol. The van der Waals surface area contributed by atoms with Gasteiger partial charge in [0.1, 0.15) is 0 Å². The van der Waals surface area contributed by atoms with E-state index in [1.807, 2.05) is 0 Å². The molecule has 1 unspecified atom stereocenters. The number of likely N-dealkylation sites (N-methyl/N-ethyl adjacent to an activating group) is 1. The molecule has 2 heterocycles. The van der Waals surface area contributed by atoms with Crippen LogP contribution in [0.4, 0.5) is 5.69 Å². The Balaban J connectivity index is 1.89. The lowest BCUT2D eigenvalue weighted by atomic mass is 9.95. The van der Waals surface area contributed by atoms with Crippen LogP contribution < -0.4 is 4.90 Å². The number of hydrogen-bond donors (Lipinski definition) is 0. The molecule has 0 radical (unpaired) electrons. The van der Waals surface area contributed by atoms with Crippen LogP contribution in [0.2, 0.25) is 0 Å². The van der Waals surface area contributed by atoms with Crippen molar-refractivity contribution >= 4 is 11.4 Å². The third kappa shape index (κ3) is 2.63. The maximum absolute atomic E-state index is 5.07. The molecule has 1 saturated heterocycles. The fourth-order valence-electron chi connectivity index (χ4n) is 3.84. The molecule has 1 fully saturated rings. The molecule has 3 heteroatoms. The first kappa shape index (κ1) is 15.4. The summed E-state index contributed by atoms with van der Waals surface area (Å²) in [4.78, 5) is 10.1. The first-order chi connectivity index (χ1) is 11.6. The third-order valence-electron chi connectivity index (χ3n) is 5.37. The lowest BCUT2D eigenvalue weighted by Gasteiger charge is -2.40. The van der Waals surface area contributed by atoms with E-state index in [9.17, 15) is 0 Å². The minimum atomic E-state index is 0.464. The van der Waals surface area contributed by atoms with E-state index in [0.717, 1.165) is 31.9 Å². The van der Waals surface area contributed by atoms with Crippen molar-refractivity contribution in [2.24, 2.45) is 4.99 Å². The molecule has 0 aliphatic carbocycles. The van der Waals surface area contributed by atoms with Crippen molar-refractivity contribution in [2.75, 3.05) is 38.1 Å². The van der Waals surface area contributed by atoms with Gasteiger partial charge in [0.05, 0.1) is 18.3 Å². The molecular weight excluding hydrogens is 294 g/mol. The molecule has 0 aromatic heterocycles. The van der Waals surface area contributed by atoms with Crippen LogP contribution >= 0.6 is 0 Å². The number of anilines is 1. The smallest absolute Gasteiger partial charge is 0.0740 e. The second-order valence-electron chi connectivity index (χ2n) is 7.12. The third-order valence-corrected chi connectivity index (χ3v) is 5.37. The summed E-state index contributed by atoms with van der Waals surface area (Å²) in [5.74, 6) is 0. The molecule has 3 nitrogen and oxygen atoms in total. The summed E-state index contributed by atoms with van der Waals surface area (Å²) >= 11 is 0. The highest BCUT2D eigenvalue weighted by Crippen LogP contribution is 2.32. The van der Waals surface area contributed by atoms with Gasteiger partial charge in [-0.3, -0.25) is 4.99 Å². The summed E-state index contributed by atoms with van der Waals surface area (Å²) in [5, 5.41) is 0. The predicted octanol–water partition coefficient (Wildman–Crippen LogP) is 3.27. The largest absolute Gasteiger partial charge is 0.364 e. The molecule has 2 aliphatic rings. The van der Waals surface area contributed by atoms with Gasteiger partial charge in [-0.25, -0.2) is 0 Å². The van der Waals surface area contributed by atoms with Crippen molar-refractivity contribution in [3.05, 3.63) is 64.7 Å². The lowest BCUT2D eigenvalue weighted by molar-refractivity contribution is 0.270. The standard InChI is InChI=1S/C21H25N3/c1-15-11-19-20(12-16(15)2)24-10-9-23(3)14-18(24)13-22-21(19)17-7-5-4-6-8-17/h4-8,11-12,18H,9-10,13-14H2,1-3H3. The number of aryl methyl sites for hydroxylation is 2. The zero-order valence-electron chi connectivity index (χ0n) is 14.8. The number of nitrogens with zero attached hydrogens (tertiary/aromatic N) is 3. The van der Waals surface area contributed by atoms with E-state index in [1.165, 1.54) is 27.9 Å². The van der Waals surface area contributed by atoms with Gasteiger partial charge in [0, 0.05) is 36.4 Å². The SMILES string of the molecule is Cc1cc2c(cc1C)N1CCN(C)CC1CN=C2c1ccccc1. The van der Waals surface area contributed by atoms with Crippen LogP contribution in [-0.4, -0.2) is 49.9 Å². The Morgan fingerprint density at radius 3 is 2.54 bits per heavy atom. The Morgan fingerprint density at radius 2 is 1.75 bits per heavy atom. The van der Waals surface area contributed by atoms with E-state index in [0.29, 0.717) is 6.04 Å². The number of benzene rings is 2. The molecule has 24 heavy (non-hydrogen) atoms. The van der Waals surface area contributed by atoms with Crippen LogP contribution in [0.25, 0.3) is 0 Å². The van der Waals surface area contributed by atoms with Gasteiger partial charge in [-0.15, -0.1) is 0 Å². The number of rotatable bonds is 1. The second kappa shape index (κ2) is 6.06. The van der Waals surface area contributed by atoms with Gasteiger partial charge >= 0.3 is 0 Å². The zero-order valence-corrected chi connectivity index (χ0v) is 14.8. The highest BCUT2D eigenvalue weighted by Gasteiger charge is 2.30. The summed E-state index contributed by atoms with van der Waals surface area (Å²) in [5.41, 5.74) is 7.71. The lowest BCUT2D eigenvalue weighted by Crippen LogP contribution is -2.53. The maximum atomic E-state index is 5.07. The summed E-state index contributed by atoms with van der Waals surface area (Å²) in [6.07, 6.45) is 0. The predicted molar refractivity (Wildman–Crippen MR) is 101 cm³/mol. The van der Waals surface area contributed by atoms with Crippen molar-refractivity contribution in [1.29, 1.82) is 0 Å².